The van der Waals surface area contributed by atoms with Crippen LogP contribution in [0.3, 0.4) is 0 Å². The summed E-state index contributed by atoms with van der Waals surface area (Å²) in [4.78, 5) is 14.6. The van der Waals surface area contributed by atoms with Gasteiger partial charge in [-0.2, -0.15) is 0 Å². The SMILES string of the molecule is Cl.NC1(C(=O)N2CC3C4CCC(O4)C3C2)CCCC1. The molecule has 0 aromatic heterocycles. The largest absolute Gasteiger partial charge is 0.374 e. The molecule has 1 aliphatic carbocycles. The van der Waals surface area contributed by atoms with Crippen LogP contribution in [0.4, 0.5) is 0 Å². The van der Waals surface area contributed by atoms with Crippen molar-refractivity contribution in [2.75, 3.05) is 13.1 Å². The van der Waals surface area contributed by atoms with Crippen LogP contribution < -0.4 is 5.73 Å². The first kappa shape index (κ1) is 13.7. The Hall–Kier alpha value is -0.320. The summed E-state index contributed by atoms with van der Waals surface area (Å²) in [7, 11) is 0. The third-order valence-electron chi connectivity index (χ3n) is 5.66. The Morgan fingerprint density at radius 3 is 2.16 bits per heavy atom. The first-order chi connectivity index (χ1) is 8.67. The topological polar surface area (TPSA) is 55.6 Å². The van der Waals surface area contributed by atoms with Crippen LogP contribution >= 0.6 is 12.4 Å². The number of hydrogen-bond acceptors (Lipinski definition) is 3. The second-order valence-corrected chi connectivity index (χ2v) is 6.69. The second kappa shape index (κ2) is 4.61. The van der Waals surface area contributed by atoms with E-state index < -0.39 is 5.54 Å². The number of amides is 1. The maximum absolute atomic E-state index is 12.6. The van der Waals surface area contributed by atoms with Gasteiger partial charge in [0.25, 0.3) is 0 Å². The molecule has 4 fully saturated rings. The van der Waals surface area contributed by atoms with Gasteiger partial charge in [-0.15, -0.1) is 12.4 Å². The molecule has 4 atom stereocenters. The standard InChI is InChI=1S/C14H22N2O2.ClH/c15-14(5-1-2-6-14)13(17)16-7-9-10(8-16)12-4-3-11(9)18-12;/h9-12H,1-8,15H2;1H. The first-order valence-electron chi connectivity index (χ1n) is 7.41. The van der Waals surface area contributed by atoms with E-state index in [9.17, 15) is 4.79 Å². The molecule has 0 spiro atoms. The number of halogens is 1. The summed E-state index contributed by atoms with van der Waals surface area (Å²) in [6.45, 7) is 1.78. The number of ether oxygens (including phenoxy) is 1. The zero-order valence-electron chi connectivity index (χ0n) is 11.2. The summed E-state index contributed by atoms with van der Waals surface area (Å²) >= 11 is 0. The summed E-state index contributed by atoms with van der Waals surface area (Å²) in [5, 5.41) is 0. The maximum Gasteiger partial charge on any atom is 0.242 e. The number of hydrogen-bond donors (Lipinski definition) is 1. The molecule has 3 aliphatic heterocycles. The van der Waals surface area contributed by atoms with E-state index in [0.717, 1.165) is 38.8 Å². The molecular weight excluding hydrogens is 264 g/mol. The highest BCUT2D eigenvalue weighted by Crippen LogP contribution is 2.47. The van der Waals surface area contributed by atoms with E-state index in [-0.39, 0.29) is 18.3 Å². The van der Waals surface area contributed by atoms with Crippen molar-refractivity contribution in [2.24, 2.45) is 17.6 Å². The number of carbonyl (C=O) groups excluding carboxylic acids is 1. The van der Waals surface area contributed by atoms with Gasteiger partial charge in [-0.1, -0.05) is 12.8 Å². The molecule has 2 N–H and O–H groups in total. The Bertz CT molecular complexity index is 366. The molecule has 19 heavy (non-hydrogen) atoms. The maximum atomic E-state index is 12.6. The molecule has 4 nitrogen and oxygen atoms in total. The Balaban J connectivity index is 0.00000110. The molecule has 1 saturated carbocycles. The molecule has 4 unspecified atom stereocenters. The highest BCUT2D eigenvalue weighted by atomic mass is 35.5. The highest BCUT2D eigenvalue weighted by Gasteiger charge is 2.55. The van der Waals surface area contributed by atoms with Crippen molar-refractivity contribution in [3.63, 3.8) is 0 Å². The van der Waals surface area contributed by atoms with Crippen molar-refractivity contribution in [2.45, 2.75) is 56.3 Å². The zero-order chi connectivity index (χ0) is 12.3. The summed E-state index contributed by atoms with van der Waals surface area (Å²) in [5.74, 6) is 1.41. The van der Waals surface area contributed by atoms with Gasteiger partial charge < -0.3 is 15.4 Å². The van der Waals surface area contributed by atoms with Crippen LogP contribution in [0.25, 0.3) is 0 Å². The smallest absolute Gasteiger partial charge is 0.242 e. The Labute approximate surface area is 120 Å². The van der Waals surface area contributed by atoms with E-state index in [0.29, 0.717) is 24.0 Å². The van der Waals surface area contributed by atoms with Crippen LogP contribution in [0.5, 0.6) is 0 Å². The van der Waals surface area contributed by atoms with Gasteiger partial charge in [0, 0.05) is 24.9 Å². The molecule has 1 amide bonds. The molecule has 5 heteroatoms. The van der Waals surface area contributed by atoms with Gasteiger partial charge in [-0.3, -0.25) is 4.79 Å². The second-order valence-electron chi connectivity index (χ2n) is 6.69. The fraction of sp³-hybridized carbons (Fsp3) is 0.929. The number of rotatable bonds is 1. The summed E-state index contributed by atoms with van der Waals surface area (Å²) < 4.78 is 5.95. The lowest BCUT2D eigenvalue weighted by Gasteiger charge is -2.29. The van der Waals surface area contributed by atoms with Crippen LogP contribution in [0.2, 0.25) is 0 Å². The van der Waals surface area contributed by atoms with Crippen molar-refractivity contribution in [1.29, 1.82) is 0 Å². The summed E-state index contributed by atoms with van der Waals surface area (Å²) in [5.41, 5.74) is 5.75. The molecular formula is C14H23ClN2O2. The van der Waals surface area contributed by atoms with E-state index in [1.165, 1.54) is 12.8 Å². The van der Waals surface area contributed by atoms with Crippen LogP contribution in [0.1, 0.15) is 38.5 Å². The number of carbonyl (C=O) groups is 1. The lowest BCUT2D eigenvalue weighted by molar-refractivity contribution is -0.136. The lowest BCUT2D eigenvalue weighted by atomic mass is 9.82. The molecule has 2 bridgehead atoms. The van der Waals surface area contributed by atoms with Gasteiger partial charge in [0.1, 0.15) is 0 Å². The fourth-order valence-electron chi connectivity index (χ4n) is 4.66. The minimum Gasteiger partial charge on any atom is -0.374 e. The molecule has 0 aromatic carbocycles. The predicted octanol–water partition coefficient (Wildman–Crippen LogP) is 1.32. The molecule has 3 heterocycles. The van der Waals surface area contributed by atoms with Crippen molar-refractivity contribution in [1.82, 2.24) is 4.90 Å². The fourth-order valence-corrected chi connectivity index (χ4v) is 4.66. The number of nitrogens with zero attached hydrogens (tertiary/aromatic N) is 1. The van der Waals surface area contributed by atoms with Gasteiger partial charge in [-0.05, 0) is 25.7 Å². The third-order valence-corrected chi connectivity index (χ3v) is 5.66. The van der Waals surface area contributed by atoms with Crippen molar-refractivity contribution in [3.8, 4) is 0 Å². The molecule has 4 rings (SSSR count). The molecule has 4 aliphatic rings. The zero-order valence-corrected chi connectivity index (χ0v) is 12.0. The number of fused-ring (bicyclic) bond motifs is 5. The van der Waals surface area contributed by atoms with Gasteiger partial charge in [-0.25, -0.2) is 0 Å². The summed E-state index contributed by atoms with van der Waals surface area (Å²) in [6, 6.07) is 0. The molecule has 3 saturated heterocycles. The van der Waals surface area contributed by atoms with E-state index in [1.54, 1.807) is 0 Å². The monoisotopic (exact) mass is 286 g/mol. The van der Waals surface area contributed by atoms with Gasteiger partial charge in [0.2, 0.25) is 5.91 Å². The average Bonchev–Trinajstić information content (AvgIpc) is 3.09. The minimum absolute atomic E-state index is 0. The Morgan fingerprint density at radius 2 is 1.63 bits per heavy atom. The highest BCUT2D eigenvalue weighted by molar-refractivity contribution is 5.86. The predicted molar refractivity (Wildman–Crippen MR) is 74.1 cm³/mol. The van der Waals surface area contributed by atoms with E-state index in [1.807, 2.05) is 0 Å². The molecule has 108 valence electrons. The Morgan fingerprint density at radius 1 is 1.11 bits per heavy atom. The van der Waals surface area contributed by atoms with Crippen LogP contribution in [-0.2, 0) is 9.53 Å². The van der Waals surface area contributed by atoms with Crippen LogP contribution in [0, 0.1) is 11.8 Å². The van der Waals surface area contributed by atoms with E-state index in [4.69, 9.17) is 10.5 Å². The lowest BCUT2D eigenvalue weighted by Crippen LogP contribution is -2.53. The van der Waals surface area contributed by atoms with Gasteiger partial charge in [0.05, 0.1) is 17.7 Å². The van der Waals surface area contributed by atoms with E-state index in [2.05, 4.69) is 4.90 Å². The minimum atomic E-state index is -0.543. The molecule has 0 radical (unpaired) electrons. The van der Waals surface area contributed by atoms with Gasteiger partial charge in [0.15, 0.2) is 0 Å². The molecule has 0 aromatic rings. The van der Waals surface area contributed by atoms with Crippen molar-refractivity contribution in [3.05, 3.63) is 0 Å². The summed E-state index contributed by atoms with van der Waals surface area (Å²) in [6.07, 6.45) is 7.21. The Kier molecular flexibility index (Phi) is 3.31. The van der Waals surface area contributed by atoms with Gasteiger partial charge >= 0.3 is 0 Å². The quantitative estimate of drug-likeness (QED) is 0.791. The van der Waals surface area contributed by atoms with E-state index >= 15 is 0 Å². The average molecular weight is 287 g/mol. The van der Waals surface area contributed by atoms with Crippen LogP contribution in [-0.4, -0.2) is 41.6 Å². The van der Waals surface area contributed by atoms with Crippen molar-refractivity contribution < 1.29 is 9.53 Å². The number of likely N-dealkylation sites (tertiary alicyclic amines) is 1. The number of nitrogens with two attached hydrogens (primary N) is 1. The van der Waals surface area contributed by atoms with Crippen LogP contribution in [0.15, 0.2) is 0 Å². The van der Waals surface area contributed by atoms with Crippen molar-refractivity contribution >= 4 is 18.3 Å². The third kappa shape index (κ3) is 1.91. The normalized spacial score (nSPS) is 42.3. The first-order valence-corrected chi connectivity index (χ1v) is 7.41.